The third-order valence-electron chi connectivity index (χ3n) is 2.87. The number of hydrogen-bond acceptors (Lipinski definition) is 3. The number of aliphatic carboxylic acids is 1. The monoisotopic (exact) mass is 241 g/mol. The molecule has 0 aromatic rings. The number of nitrogens with zero attached hydrogens (tertiary/aromatic N) is 2. The first-order chi connectivity index (χ1) is 7.93. The minimum atomic E-state index is -1.22. The lowest BCUT2D eigenvalue weighted by molar-refractivity contribution is -0.144. The molecule has 0 saturated carbocycles. The molecule has 0 radical (unpaired) electrons. The van der Waals surface area contributed by atoms with E-state index in [2.05, 4.69) is 5.32 Å². The predicted molar refractivity (Wildman–Crippen MR) is 62.3 cm³/mol. The van der Waals surface area contributed by atoms with Gasteiger partial charge in [-0.1, -0.05) is 13.8 Å². The van der Waals surface area contributed by atoms with Gasteiger partial charge in [-0.25, -0.2) is 9.59 Å². The van der Waals surface area contributed by atoms with Crippen molar-refractivity contribution in [2.24, 2.45) is 0 Å². The van der Waals surface area contributed by atoms with E-state index in [1.54, 1.807) is 13.8 Å². The first kappa shape index (κ1) is 15.2. The molecule has 0 bridgehead atoms. The molecule has 0 aliphatic carbocycles. The second-order valence-corrected chi connectivity index (χ2v) is 3.85. The maximum atomic E-state index is 11.7. The average molecular weight is 241 g/mol. The Morgan fingerprint density at radius 1 is 1.41 bits per heavy atom. The van der Waals surface area contributed by atoms with Crippen LogP contribution in [-0.4, -0.2) is 41.1 Å². The molecule has 0 unspecified atom stereocenters. The molecule has 0 fully saturated rings. The van der Waals surface area contributed by atoms with Crippen molar-refractivity contribution >= 4 is 12.0 Å². The molecule has 2 N–H and O–H groups in total. The summed E-state index contributed by atoms with van der Waals surface area (Å²) in [6, 6.07) is 1.46. The highest BCUT2D eigenvalue weighted by Crippen LogP contribution is 2.15. The standard InChI is InChI=1S/C11H19N3O3/c1-4-11(5-2,9(15)16)13-10(17)14(3)8-6-7-12/h4-6,8H2,1-3H3,(H,13,17)(H,15,16). The summed E-state index contributed by atoms with van der Waals surface area (Å²) in [5.74, 6) is -1.04. The van der Waals surface area contributed by atoms with E-state index in [0.717, 1.165) is 0 Å². The molecule has 6 nitrogen and oxygen atoms in total. The molecule has 0 spiro atoms. The summed E-state index contributed by atoms with van der Waals surface area (Å²) in [5.41, 5.74) is -1.22. The van der Waals surface area contributed by atoms with Crippen LogP contribution in [0.15, 0.2) is 0 Å². The smallest absolute Gasteiger partial charge is 0.329 e. The zero-order chi connectivity index (χ0) is 13.5. The van der Waals surface area contributed by atoms with Gasteiger partial charge in [-0.15, -0.1) is 0 Å². The van der Waals surface area contributed by atoms with E-state index in [4.69, 9.17) is 10.4 Å². The van der Waals surface area contributed by atoms with Crippen LogP contribution in [0.5, 0.6) is 0 Å². The predicted octanol–water partition coefficient (Wildman–Crippen LogP) is 1.18. The highest BCUT2D eigenvalue weighted by Gasteiger charge is 2.37. The highest BCUT2D eigenvalue weighted by molar-refractivity contribution is 5.86. The Hall–Kier alpha value is -1.77. The first-order valence-corrected chi connectivity index (χ1v) is 5.57. The third-order valence-corrected chi connectivity index (χ3v) is 2.87. The number of amides is 2. The van der Waals surface area contributed by atoms with E-state index in [-0.39, 0.29) is 13.0 Å². The van der Waals surface area contributed by atoms with Crippen LogP contribution < -0.4 is 5.32 Å². The first-order valence-electron chi connectivity index (χ1n) is 5.57. The zero-order valence-electron chi connectivity index (χ0n) is 10.5. The summed E-state index contributed by atoms with van der Waals surface area (Å²) < 4.78 is 0. The Kier molecular flexibility index (Phi) is 6.03. The molecule has 0 rings (SSSR count). The van der Waals surface area contributed by atoms with Crippen molar-refractivity contribution in [1.82, 2.24) is 10.2 Å². The van der Waals surface area contributed by atoms with Gasteiger partial charge in [0.2, 0.25) is 0 Å². The second kappa shape index (κ2) is 6.74. The summed E-state index contributed by atoms with van der Waals surface area (Å²) in [6.07, 6.45) is 0.857. The van der Waals surface area contributed by atoms with Crippen LogP contribution in [-0.2, 0) is 4.79 Å². The van der Waals surface area contributed by atoms with Crippen LogP contribution in [0.25, 0.3) is 0 Å². The molecule has 0 heterocycles. The van der Waals surface area contributed by atoms with Gasteiger partial charge >= 0.3 is 12.0 Å². The molecular weight excluding hydrogens is 222 g/mol. The van der Waals surface area contributed by atoms with E-state index in [9.17, 15) is 9.59 Å². The van der Waals surface area contributed by atoms with E-state index in [0.29, 0.717) is 12.8 Å². The second-order valence-electron chi connectivity index (χ2n) is 3.85. The minimum Gasteiger partial charge on any atom is -0.480 e. The van der Waals surface area contributed by atoms with Crippen LogP contribution in [0.3, 0.4) is 0 Å². The van der Waals surface area contributed by atoms with Crippen molar-refractivity contribution in [3.8, 4) is 6.07 Å². The maximum Gasteiger partial charge on any atom is 0.329 e. The quantitative estimate of drug-likeness (QED) is 0.730. The van der Waals surface area contributed by atoms with E-state index >= 15 is 0 Å². The van der Waals surface area contributed by atoms with E-state index in [1.807, 2.05) is 6.07 Å². The van der Waals surface area contributed by atoms with Gasteiger partial charge in [-0.2, -0.15) is 5.26 Å². The Morgan fingerprint density at radius 2 is 1.94 bits per heavy atom. The number of carbonyl (C=O) groups is 2. The van der Waals surface area contributed by atoms with Gasteiger partial charge in [0.1, 0.15) is 5.54 Å². The fourth-order valence-corrected chi connectivity index (χ4v) is 1.40. The van der Waals surface area contributed by atoms with Gasteiger partial charge in [0.25, 0.3) is 0 Å². The normalized spacial score (nSPS) is 10.5. The molecule has 17 heavy (non-hydrogen) atoms. The maximum absolute atomic E-state index is 11.7. The fourth-order valence-electron chi connectivity index (χ4n) is 1.40. The number of carbonyl (C=O) groups excluding carboxylic acids is 1. The van der Waals surface area contributed by atoms with Gasteiger partial charge in [0, 0.05) is 13.6 Å². The molecular formula is C11H19N3O3. The lowest BCUT2D eigenvalue weighted by Crippen LogP contribution is -2.56. The van der Waals surface area contributed by atoms with Crippen LogP contribution in [0.4, 0.5) is 4.79 Å². The van der Waals surface area contributed by atoms with Crippen molar-refractivity contribution in [2.45, 2.75) is 38.6 Å². The number of urea groups is 1. The number of rotatable bonds is 6. The number of carboxylic acid groups (broad SMARTS) is 1. The molecule has 0 saturated heterocycles. The van der Waals surface area contributed by atoms with Crippen LogP contribution in [0, 0.1) is 11.3 Å². The number of hydrogen-bond donors (Lipinski definition) is 2. The molecule has 2 amide bonds. The Balaban J connectivity index is 4.62. The number of nitrogens with one attached hydrogen (secondary N) is 1. The Morgan fingerprint density at radius 3 is 2.29 bits per heavy atom. The van der Waals surface area contributed by atoms with Crippen molar-refractivity contribution in [2.75, 3.05) is 13.6 Å². The van der Waals surface area contributed by atoms with E-state index in [1.165, 1.54) is 11.9 Å². The van der Waals surface area contributed by atoms with Crippen LogP contribution in [0.1, 0.15) is 33.1 Å². The molecule has 0 atom stereocenters. The topological polar surface area (TPSA) is 93.4 Å². The van der Waals surface area contributed by atoms with Crippen molar-refractivity contribution in [3.63, 3.8) is 0 Å². The number of nitriles is 1. The van der Waals surface area contributed by atoms with Gasteiger partial charge < -0.3 is 15.3 Å². The molecule has 6 heteroatoms. The highest BCUT2D eigenvalue weighted by atomic mass is 16.4. The summed E-state index contributed by atoms with van der Waals surface area (Å²) in [6.45, 7) is 3.71. The van der Waals surface area contributed by atoms with Crippen LogP contribution >= 0.6 is 0 Å². The van der Waals surface area contributed by atoms with Gasteiger partial charge in [-0.3, -0.25) is 0 Å². The van der Waals surface area contributed by atoms with Crippen molar-refractivity contribution in [3.05, 3.63) is 0 Å². The van der Waals surface area contributed by atoms with Gasteiger partial charge in [0.05, 0.1) is 12.5 Å². The SMILES string of the molecule is CCC(CC)(NC(=O)N(C)CCC#N)C(=O)O. The third kappa shape index (κ3) is 3.94. The molecule has 0 aromatic heterocycles. The molecule has 0 aliphatic heterocycles. The summed E-state index contributed by atoms with van der Waals surface area (Å²) >= 11 is 0. The minimum absolute atomic E-state index is 0.224. The lowest BCUT2D eigenvalue weighted by Gasteiger charge is -2.30. The Labute approximate surface area is 101 Å². The molecule has 96 valence electrons. The largest absolute Gasteiger partial charge is 0.480 e. The molecule has 0 aromatic carbocycles. The van der Waals surface area contributed by atoms with Crippen molar-refractivity contribution in [1.29, 1.82) is 5.26 Å². The van der Waals surface area contributed by atoms with Crippen molar-refractivity contribution < 1.29 is 14.7 Å². The zero-order valence-corrected chi connectivity index (χ0v) is 10.5. The van der Waals surface area contributed by atoms with Gasteiger partial charge in [0.15, 0.2) is 0 Å². The Bertz CT molecular complexity index is 318. The van der Waals surface area contributed by atoms with Crippen LogP contribution in [0.2, 0.25) is 0 Å². The summed E-state index contributed by atoms with van der Waals surface area (Å²) in [7, 11) is 1.53. The summed E-state index contributed by atoms with van der Waals surface area (Å²) in [4.78, 5) is 24.2. The number of carboxylic acids is 1. The van der Waals surface area contributed by atoms with E-state index < -0.39 is 17.5 Å². The molecule has 0 aliphatic rings. The lowest BCUT2D eigenvalue weighted by atomic mass is 9.93. The average Bonchev–Trinajstić information content (AvgIpc) is 2.32. The van der Waals surface area contributed by atoms with Gasteiger partial charge in [-0.05, 0) is 12.8 Å². The fraction of sp³-hybridized carbons (Fsp3) is 0.727. The summed E-state index contributed by atoms with van der Waals surface area (Å²) in [5, 5.41) is 20.1.